The summed E-state index contributed by atoms with van der Waals surface area (Å²) < 4.78 is 1.75. The number of urea groups is 1. The van der Waals surface area contributed by atoms with Crippen LogP contribution in [0, 0.1) is 0 Å². The summed E-state index contributed by atoms with van der Waals surface area (Å²) in [5.74, 6) is 0. The van der Waals surface area contributed by atoms with Gasteiger partial charge in [0.05, 0.1) is 17.3 Å². The van der Waals surface area contributed by atoms with Crippen molar-refractivity contribution in [2.24, 2.45) is 0 Å². The fourth-order valence-electron chi connectivity index (χ4n) is 2.21. The van der Waals surface area contributed by atoms with Gasteiger partial charge in [-0.05, 0) is 29.3 Å². The molecule has 6 nitrogen and oxygen atoms in total. The van der Waals surface area contributed by atoms with Crippen molar-refractivity contribution in [2.45, 2.75) is 13.1 Å². The number of amides is 2. The largest absolute Gasteiger partial charge is 0.334 e. The fourth-order valence-corrected chi connectivity index (χ4v) is 2.54. The van der Waals surface area contributed by atoms with Crippen molar-refractivity contribution >= 4 is 34.9 Å². The van der Waals surface area contributed by atoms with Crippen molar-refractivity contribution < 1.29 is 4.79 Å². The number of aromatic nitrogens is 3. The quantitative estimate of drug-likeness (QED) is 0.708. The minimum Gasteiger partial charge on any atom is -0.334 e. The molecule has 0 bridgehead atoms. The number of hydrogen-bond acceptors (Lipinski definition) is 3. The first-order valence-electron chi connectivity index (χ1n) is 7.50. The first kappa shape index (κ1) is 17.3. The predicted molar refractivity (Wildman–Crippen MR) is 97.9 cm³/mol. The second kappa shape index (κ2) is 8.00. The van der Waals surface area contributed by atoms with E-state index in [1.54, 1.807) is 29.2 Å². The second-order valence-corrected chi connectivity index (χ2v) is 6.19. The van der Waals surface area contributed by atoms with Gasteiger partial charge in [-0.1, -0.05) is 47.5 Å². The Bertz CT molecular complexity index is 850. The Balaban J connectivity index is 1.52. The Morgan fingerprint density at radius 1 is 1.08 bits per heavy atom. The van der Waals surface area contributed by atoms with Crippen molar-refractivity contribution in [3.63, 3.8) is 0 Å². The Morgan fingerprint density at radius 3 is 2.56 bits per heavy atom. The average molecular weight is 376 g/mol. The molecule has 1 heterocycles. The molecule has 3 rings (SSSR count). The number of nitrogens with one attached hydrogen (secondary N) is 2. The molecule has 8 heteroatoms. The highest BCUT2D eigenvalue weighted by atomic mass is 35.5. The number of benzene rings is 2. The van der Waals surface area contributed by atoms with E-state index in [2.05, 4.69) is 20.7 Å². The van der Waals surface area contributed by atoms with Crippen LogP contribution in [-0.4, -0.2) is 20.8 Å². The van der Waals surface area contributed by atoms with Gasteiger partial charge in [0.1, 0.15) is 12.7 Å². The van der Waals surface area contributed by atoms with Gasteiger partial charge >= 0.3 is 6.03 Å². The summed E-state index contributed by atoms with van der Waals surface area (Å²) in [6, 6.07) is 12.4. The predicted octanol–water partition coefficient (Wildman–Crippen LogP) is 3.95. The third-order valence-corrected chi connectivity index (χ3v) is 4.03. The molecule has 0 aliphatic rings. The average Bonchev–Trinajstić information content (AvgIpc) is 3.10. The van der Waals surface area contributed by atoms with E-state index < -0.39 is 0 Å². The maximum atomic E-state index is 12.0. The Labute approximate surface area is 154 Å². The highest BCUT2D eigenvalue weighted by Gasteiger charge is 2.06. The van der Waals surface area contributed by atoms with E-state index in [9.17, 15) is 4.79 Å². The normalized spacial score (nSPS) is 10.5. The van der Waals surface area contributed by atoms with Crippen LogP contribution >= 0.6 is 23.2 Å². The van der Waals surface area contributed by atoms with Gasteiger partial charge in [-0.3, -0.25) is 0 Å². The highest BCUT2D eigenvalue weighted by molar-refractivity contribution is 6.35. The number of halogens is 2. The van der Waals surface area contributed by atoms with Crippen LogP contribution in [0.4, 0.5) is 10.5 Å². The SMILES string of the molecule is O=C(NCc1ccc(Cn2cncn2)cc1)Nc1cc(Cl)ccc1Cl. The van der Waals surface area contributed by atoms with Gasteiger partial charge in [0.15, 0.2) is 0 Å². The summed E-state index contributed by atoms with van der Waals surface area (Å²) in [6.45, 7) is 1.05. The zero-order chi connectivity index (χ0) is 17.6. The molecular formula is C17H15Cl2N5O. The molecule has 0 fully saturated rings. The van der Waals surface area contributed by atoms with E-state index in [1.807, 2.05) is 24.3 Å². The fraction of sp³-hybridized carbons (Fsp3) is 0.118. The molecule has 0 unspecified atom stereocenters. The number of hydrogen-bond donors (Lipinski definition) is 2. The van der Waals surface area contributed by atoms with E-state index in [4.69, 9.17) is 23.2 Å². The molecule has 0 spiro atoms. The Morgan fingerprint density at radius 2 is 1.84 bits per heavy atom. The summed E-state index contributed by atoms with van der Waals surface area (Å²) in [5.41, 5.74) is 2.55. The van der Waals surface area contributed by atoms with E-state index in [-0.39, 0.29) is 6.03 Å². The van der Waals surface area contributed by atoms with Gasteiger partial charge in [-0.25, -0.2) is 14.5 Å². The Kier molecular flexibility index (Phi) is 5.53. The number of carbonyl (C=O) groups is 1. The monoisotopic (exact) mass is 375 g/mol. The lowest BCUT2D eigenvalue weighted by Gasteiger charge is -2.10. The van der Waals surface area contributed by atoms with Gasteiger partial charge in [-0.15, -0.1) is 0 Å². The van der Waals surface area contributed by atoms with Gasteiger partial charge in [0.2, 0.25) is 0 Å². The lowest BCUT2D eigenvalue weighted by Crippen LogP contribution is -2.28. The highest BCUT2D eigenvalue weighted by Crippen LogP contribution is 2.25. The van der Waals surface area contributed by atoms with Crippen molar-refractivity contribution in [3.8, 4) is 0 Å². The van der Waals surface area contributed by atoms with Crippen LogP contribution in [0.3, 0.4) is 0 Å². The zero-order valence-electron chi connectivity index (χ0n) is 13.1. The first-order valence-corrected chi connectivity index (χ1v) is 8.26. The van der Waals surface area contributed by atoms with Gasteiger partial charge < -0.3 is 10.6 Å². The standard InChI is InChI=1S/C17H15Cl2N5O/c18-14-5-6-15(19)16(7-14)23-17(25)21-8-12-1-3-13(4-2-12)9-24-11-20-10-22-24/h1-7,10-11H,8-9H2,(H2,21,23,25). The molecule has 2 aromatic carbocycles. The molecule has 0 aliphatic carbocycles. The topological polar surface area (TPSA) is 71.8 Å². The Hall–Kier alpha value is -2.57. The van der Waals surface area contributed by atoms with Crippen molar-refractivity contribution in [3.05, 3.63) is 76.3 Å². The molecular weight excluding hydrogens is 361 g/mol. The molecule has 1 aromatic heterocycles. The molecule has 0 saturated carbocycles. The maximum Gasteiger partial charge on any atom is 0.319 e. The maximum absolute atomic E-state index is 12.0. The molecule has 0 radical (unpaired) electrons. The van der Waals surface area contributed by atoms with Crippen LogP contribution in [0.2, 0.25) is 10.0 Å². The summed E-state index contributed by atoms with van der Waals surface area (Å²) in [4.78, 5) is 15.9. The number of nitrogens with zero attached hydrogens (tertiary/aromatic N) is 3. The third-order valence-electron chi connectivity index (χ3n) is 3.46. The van der Waals surface area contributed by atoms with E-state index in [0.29, 0.717) is 28.8 Å². The van der Waals surface area contributed by atoms with Crippen LogP contribution in [0.15, 0.2) is 55.1 Å². The summed E-state index contributed by atoms with van der Waals surface area (Å²) in [5, 5.41) is 10.5. The summed E-state index contributed by atoms with van der Waals surface area (Å²) >= 11 is 11.9. The number of rotatable bonds is 5. The first-order chi connectivity index (χ1) is 12.1. The molecule has 25 heavy (non-hydrogen) atoms. The molecule has 0 saturated heterocycles. The van der Waals surface area contributed by atoms with Crippen molar-refractivity contribution in [2.75, 3.05) is 5.32 Å². The van der Waals surface area contributed by atoms with E-state index in [0.717, 1.165) is 11.1 Å². The van der Waals surface area contributed by atoms with Gasteiger partial charge in [-0.2, -0.15) is 5.10 Å². The molecule has 128 valence electrons. The van der Waals surface area contributed by atoms with Crippen molar-refractivity contribution in [1.29, 1.82) is 0 Å². The van der Waals surface area contributed by atoms with Crippen LogP contribution < -0.4 is 10.6 Å². The summed E-state index contributed by atoms with van der Waals surface area (Å²) in [7, 11) is 0. The summed E-state index contributed by atoms with van der Waals surface area (Å²) in [6.07, 6.45) is 3.17. The van der Waals surface area contributed by atoms with Crippen molar-refractivity contribution in [1.82, 2.24) is 20.1 Å². The number of carbonyl (C=O) groups excluding carboxylic acids is 1. The minimum atomic E-state index is -0.351. The molecule has 0 atom stereocenters. The lowest BCUT2D eigenvalue weighted by atomic mass is 10.1. The second-order valence-electron chi connectivity index (χ2n) is 5.34. The van der Waals surface area contributed by atoms with E-state index in [1.165, 1.54) is 6.33 Å². The number of anilines is 1. The molecule has 2 N–H and O–H groups in total. The third kappa shape index (κ3) is 4.95. The molecule has 2 amide bonds. The molecule has 0 aliphatic heterocycles. The van der Waals surface area contributed by atoms with Gasteiger partial charge in [0.25, 0.3) is 0 Å². The minimum absolute atomic E-state index is 0.351. The zero-order valence-corrected chi connectivity index (χ0v) is 14.6. The molecule has 3 aromatic rings. The van der Waals surface area contributed by atoms with E-state index >= 15 is 0 Å². The van der Waals surface area contributed by atoms with Crippen LogP contribution in [0.5, 0.6) is 0 Å². The van der Waals surface area contributed by atoms with Crippen LogP contribution in [-0.2, 0) is 13.1 Å². The smallest absolute Gasteiger partial charge is 0.319 e. The lowest BCUT2D eigenvalue weighted by molar-refractivity contribution is 0.251. The van der Waals surface area contributed by atoms with Gasteiger partial charge in [0, 0.05) is 11.6 Å². The van der Waals surface area contributed by atoms with Crippen LogP contribution in [0.25, 0.3) is 0 Å². The van der Waals surface area contributed by atoms with Crippen LogP contribution in [0.1, 0.15) is 11.1 Å².